The first-order valence-corrected chi connectivity index (χ1v) is 9.53. The summed E-state index contributed by atoms with van der Waals surface area (Å²) in [5.41, 5.74) is 1.72. The first-order chi connectivity index (χ1) is 13.6. The van der Waals surface area contributed by atoms with E-state index in [1.807, 2.05) is 6.07 Å². The van der Waals surface area contributed by atoms with Crippen molar-refractivity contribution < 1.29 is 9.50 Å². The van der Waals surface area contributed by atoms with Crippen LogP contribution in [0.5, 0.6) is 0 Å². The van der Waals surface area contributed by atoms with Crippen LogP contribution < -0.4 is 20.4 Å². The van der Waals surface area contributed by atoms with Crippen LogP contribution in [-0.4, -0.2) is 58.4 Å². The monoisotopic (exact) mass is 383 g/mol. The van der Waals surface area contributed by atoms with Crippen LogP contribution in [0.4, 0.5) is 27.7 Å². The Morgan fingerprint density at radius 3 is 2.96 bits per heavy atom. The van der Waals surface area contributed by atoms with Crippen LogP contribution in [0, 0.1) is 5.82 Å². The Kier molecular flexibility index (Phi) is 4.23. The number of piperazine rings is 1. The van der Waals surface area contributed by atoms with Gasteiger partial charge in [-0.25, -0.2) is 14.4 Å². The fourth-order valence-corrected chi connectivity index (χ4v) is 3.99. The van der Waals surface area contributed by atoms with E-state index in [2.05, 4.69) is 36.6 Å². The maximum atomic E-state index is 14.5. The van der Waals surface area contributed by atoms with Gasteiger partial charge in [0, 0.05) is 43.6 Å². The van der Waals surface area contributed by atoms with E-state index in [9.17, 15) is 9.50 Å². The van der Waals surface area contributed by atoms with Gasteiger partial charge in [0.2, 0.25) is 5.95 Å². The quantitative estimate of drug-likeness (QED) is 0.730. The highest BCUT2D eigenvalue weighted by Gasteiger charge is 2.27. The largest absolute Gasteiger partial charge is 0.391 e. The van der Waals surface area contributed by atoms with Gasteiger partial charge in [-0.1, -0.05) is 6.08 Å². The lowest BCUT2D eigenvalue weighted by Crippen LogP contribution is -2.46. The Morgan fingerprint density at radius 2 is 2.18 bits per heavy atom. The minimum absolute atomic E-state index is 0.265. The molecule has 2 bridgehead atoms. The normalized spacial score (nSPS) is 23.6. The number of rotatable bonds is 4. The van der Waals surface area contributed by atoms with Gasteiger partial charge >= 0.3 is 0 Å². The molecule has 8 nitrogen and oxygen atoms in total. The number of aliphatic hydroxyl groups excluding tert-OH is 1. The number of nitrogens with zero attached hydrogens (tertiary/aromatic N) is 5. The molecule has 3 N–H and O–H groups in total. The van der Waals surface area contributed by atoms with Gasteiger partial charge in [0.1, 0.15) is 5.82 Å². The lowest BCUT2D eigenvalue weighted by Gasteiger charge is -2.32. The number of halogens is 1. The van der Waals surface area contributed by atoms with Crippen LogP contribution in [0.15, 0.2) is 36.3 Å². The zero-order chi connectivity index (χ0) is 19.1. The summed E-state index contributed by atoms with van der Waals surface area (Å²) < 4.78 is 14.5. The highest BCUT2D eigenvalue weighted by molar-refractivity contribution is 5.57. The van der Waals surface area contributed by atoms with Gasteiger partial charge in [-0.05, 0) is 18.9 Å². The van der Waals surface area contributed by atoms with Gasteiger partial charge in [0.15, 0.2) is 11.6 Å². The summed E-state index contributed by atoms with van der Waals surface area (Å²) in [6.07, 6.45) is 6.76. The fourth-order valence-electron chi connectivity index (χ4n) is 3.99. The number of hydrogen-bond donors (Lipinski definition) is 3. The Hall–Kier alpha value is -2.94. The lowest BCUT2D eigenvalue weighted by molar-refractivity contribution is 0.198. The van der Waals surface area contributed by atoms with Crippen molar-refractivity contribution in [3.05, 3.63) is 42.1 Å². The predicted octanol–water partition coefficient (Wildman–Crippen LogP) is 1.39. The third-order valence-corrected chi connectivity index (χ3v) is 5.35. The molecule has 5 heterocycles. The van der Waals surface area contributed by atoms with Crippen LogP contribution in [0.3, 0.4) is 0 Å². The maximum Gasteiger partial charge on any atom is 0.229 e. The first-order valence-electron chi connectivity index (χ1n) is 9.53. The van der Waals surface area contributed by atoms with Gasteiger partial charge < -0.3 is 25.5 Å². The number of hydrogen-bond acceptors (Lipinski definition) is 8. The molecule has 0 aliphatic carbocycles. The Labute approximate surface area is 162 Å². The summed E-state index contributed by atoms with van der Waals surface area (Å²) in [5.74, 6) is 1.08. The molecule has 2 aromatic rings. The summed E-state index contributed by atoms with van der Waals surface area (Å²) in [6, 6.07) is 3.71. The molecule has 3 aliphatic rings. The zero-order valence-corrected chi connectivity index (χ0v) is 15.3. The topological polar surface area (TPSA) is 89.4 Å². The van der Waals surface area contributed by atoms with Crippen molar-refractivity contribution in [2.24, 2.45) is 0 Å². The van der Waals surface area contributed by atoms with Crippen LogP contribution in [0.1, 0.15) is 12.8 Å². The molecule has 0 unspecified atom stereocenters. The highest BCUT2D eigenvalue weighted by atomic mass is 19.1. The lowest BCUT2D eigenvalue weighted by atomic mass is 10.2. The van der Waals surface area contributed by atoms with Crippen LogP contribution >= 0.6 is 0 Å². The molecule has 0 amide bonds. The van der Waals surface area contributed by atoms with E-state index in [1.54, 1.807) is 17.3 Å². The average Bonchev–Trinajstić information content (AvgIpc) is 3.27. The molecular weight excluding hydrogens is 361 g/mol. The minimum atomic E-state index is -0.430. The molecule has 146 valence electrons. The van der Waals surface area contributed by atoms with Crippen LogP contribution in [-0.2, 0) is 0 Å². The molecule has 0 spiro atoms. The van der Waals surface area contributed by atoms with E-state index in [0.29, 0.717) is 37.2 Å². The van der Waals surface area contributed by atoms with Crippen LogP contribution in [0.25, 0.3) is 0 Å². The van der Waals surface area contributed by atoms with Gasteiger partial charge in [-0.15, -0.1) is 0 Å². The Bertz CT molecular complexity index is 921. The number of aromatic nitrogens is 3. The van der Waals surface area contributed by atoms with Crippen molar-refractivity contribution in [3.63, 3.8) is 0 Å². The molecule has 0 aromatic carbocycles. The number of fused-ring (bicyclic) bond motifs is 2. The second-order valence-corrected chi connectivity index (χ2v) is 7.47. The van der Waals surface area contributed by atoms with E-state index < -0.39 is 11.9 Å². The molecule has 2 atom stereocenters. The number of β-amino-alcohol motifs (C(OH)–C–C–N with tert-alkyl or cyclic N) is 1. The molecule has 0 radical (unpaired) electrons. The van der Waals surface area contributed by atoms with Gasteiger partial charge in [-0.3, -0.25) is 0 Å². The summed E-state index contributed by atoms with van der Waals surface area (Å²) in [5, 5.41) is 16.2. The Morgan fingerprint density at radius 1 is 1.25 bits per heavy atom. The van der Waals surface area contributed by atoms with E-state index in [0.717, 1.165) is 25.3 Å². The smallest absolute Gasteiger partial charge is 0.229 e. The van der Waals surface area contributed by atoms with Gasteiger partial charge in [0.05, 0.1) is 24.5 Å². The first kappa shape index (κ1) is 17.2. The minimum Gasteiger partial charge on any atom is -0.391 e. The van der Waals surface area contributed by atoms with E-state index in [1.165, 1.54) is 11.8 Å². The molecular formula is C19H22FN7O. The SMILES string of the molecule is O[C@H]1CCN(c2ncc(Nc3nccc(N4CC5=CC[C@@H](C4)N5)n3)cc2F)C1. The van der Waals surface area contributed by atoms with Crippen molar-refractivity contribution in [3.8, 4) is 0 Å². The third-order valence-electron chi connectivity index (χ3n) is 5.35. The molecule has 9 heteroatoms. The van der Waals surface area contributed by atoms with E-state index >= 15 is 0 Å². The predicted molar refractivity (Wildman–Crippen MR) is 104 cm³/mol. The van der Waals surface area contributed by atoms with Crippen molar-refractivity contribution in [2.45, 2.75) is 25.0 Å². The number of aliphatic hydroxyl groups is 1. The van der Waals surface area contributed by atoms with Crippen molar-refractivity contribution >= 4 is 23.3 Å². The van der Waals surface area contributed by atoms with Crippen molar-refractivity contribution in [2.75, 3.05) is 41.3 Å². The number of nitrogens with one attached hydrogen (secondary N) is 2. The molecule has 0 saturated carbocycles. The summed E-state index contributed by atoms with van der Waals surface area (Å²) in [6.45, 7) is 2.71. The molecule has 3 aliphatic heterocycles. The zero-order valence-electron chi connectivity index (χ0n) is 15.3. The van der Waals surface area contributed by atoms with Crippen molar-refractivity contribution in [1.82, 2.24) is 20.3 Å². The van der Waals surface area contributed by atoms with Gasteiger partial charge in [0.25, 0.3) is 0 Å². The highest BCUT2D eigenvalue weighted by Crippen LogP contribution is 2.26. The molecule has 2 aromatic heterocycles. The van der Waals surface area contributed by atoms with E-state index in [-0.39, 0.29) is 5.82 Å². The maximum absolute atomic E-state index is 14.5. The summed E-state index contributed by atoms with van der Waals surface area (Å²) in [4.78, 5) is 17.0. The van der Waals surface area contributed by atoms with Crippen LogP contribution in [0.2, 0.25) is 0 Å². The second-order valence-electron chi connectivity index (χ2n) is 7.47. The molecule has 2 saturated heterocycles. The average molecular weight is 383 g/mol. The standard InChI is InChI=1S/C19H22FN7O/c20-16-7-14(8-22-18(16)26-6-4-15(28)11-26)24-19-21-5-3-17(25-19)27-9-12-1-2-13(10-27)23-12/h1,3,5,7-8,13,15,23,28H,2,4,6,9-11H2,(H,21,24,25)/t13-,15-/m0/s1. The van der Waals surface area contributed by atoms with Crippen molar-refractivity contribution in [1.29, 1.82) is 0 Å². The number of anilines is 4. The summed E-state index contributed by atoms with van der Waals surface area (Å²) in [7, 11) is 0. The Balaban J connectivity index is 1.31. The molecule has 5 rings (SSSR count). The second kappa shape index (κ2) is 6.90. The molecule has 28 heavy (non-hydrogen) atoms. The molecule has 2 fully saturated rings. The fraction of sp³-hybridized carbons (Fsp3) is 0.421. The third kappa shape index (κ3) is 3.33. The van der Waals surface area contributed by atoms with E-state index in [4.69, 9.17) is 0 Å². The summed E-state index contributed by atoms with van der Waals surface area (Å²) >= 11 is 0. The number of pyridine rings is 1. The van der Waals surface area contributed by atoms with Gasteiger partial charge in [-0.2, -0.15) is 4.98 Å².